The molecular formula is C17H21N3O2S2. The zero-order valence-electron chi connectivity index (χ0n) is 13.5. The highest BCUT2D eigenvalue weighted by Gasteiger charge is 2.32. The van der Waals surface area contributed by atoms with Crippen molar-refractivity contribution in [1.82, 2.24) is 14.8 Å². The first-order chi connectivity index (χ1) is 11.6. The molecule has 0 N–H and O–H groups in total. The zero-order valence-corrected chi connectivity index (χ0v) is 15.1. The average Bonchev–Trinajstić information content (AvgIpc) is 3.18. The van der Waals surface area contributed by atoms with Crippen LogP contribution in [0.25, 0.3) is 11.4 Å². The summed E-state index contributed by atoms with van der Waals surface area (Å²) >= 11 is 1.89. The molecule has 0 bridgehead atoms. The predicted octanol–water partition coefficient (Wildman–Crippen LogP) is 2.95. The van der Waals surface area contributed by atoms with E-state index in [2.05, 4.69) is 5.10 Å². The van der Waals surface area contributed by atoms with E-state index in [1.807, 2.05) is 46.8 Å². The van der Waals surface area contributed by atoms with Gasteiger partial charge in [-0.2, -0.15) is 16.9 Å². The van der Waals surface area contributed by atoms with Crippen LogP contribution in [0.4, 0.5) is 0 Å². The van der Waals surface area contributed by atoms with Gasteiger partial charge in [0, 0.05) is 5.56 Å². The number of aromatic nitrogens is 3. The molecule has 2 aromatic rings. The Morgan fingerprint density at radius 2 is 1.96 bits per heavy atom. The van der Waals surface area contributed by atoms with Crippen LogP contribution in [-0.4, -0.2) is 40.4 Å². The highest BCUT2D eigenvalue weighted by atomic mass is 32.2. The monoisotopic (exact) mass is 363 g/mol. The minimum absolute atomic E-state index is 0.0727. The number of benzene rings is 1. The highest BCUT2D eigenvalue weighted by Crippen LogP contribution is 2.34. The Balaban J connectivity index is 1.60. The van der Waals surface area contributed by atoms with Gasteiger partial charge in [-0.25, -0.2) is 18.1 Å². The molecule has 2 fully saturated rings. The van der Waals surface area contributed by atoms with E-state index in [0.717, 1.165) is 28.8 Å². The summed E-state index contributed by atoms with van der Waals surface area (Å²) in [5.74, 6) is 4.87. The molecule has 24 heavy (non-hydrogen) atoms. The molecule has 1 aromatic heterocycles. The molecule has 0 spiro atoms. The number of rotatable bonds is 6. The highest BCUT2D eigenvalue weighted by molar-refractivity contribution is 7.98. The van der Waals surface area contributed by atoms with E-state index in [1.54, 1.807) is 0 Å². The molecule has 1 saturated heterocycles. The van der Waals surface area contributed by atoms with Gasteiger partial charge >= 0.3 is 0 Å². The topological polar surface area (TPSA) is 64.8 Å². The molecule has 7 heteroatoms. The molecule has 1 unspecified atom stereocenters. The molecule has 4 rings (SSSR count). The minimum Gasteiger partial charge on any atom is -0.244 e. The first-order valence-electron chi connectivity index (χ1n) is 8.40. The SMILES string of the molecule is O=S1(=O)CCC(n2nc(-c3ccccc3)nc2CSCC2CC2)C1. The van der Waals surface area contributed by atoms with Gasteiger partial charge in [0.15, 0.2) is 15.7 Å². The molecular weight excluding hydrogens is 342 g/mol. The first kappa shape index (κ1) is 16.1. The van der Waals surface area contributed by atoms with Crippen LogP contribution in [0.15, 0.2) is 30.3 Å². The lowest BCUT2D eigenvalue weighted by Gasteiger charge is -2.11. The maximum absolute atomic E-state index is 11.8. The van der Waals surface area contributed by atoms with Gasteiger partial charge in [-0.1, -0.05) is 30.3 Å². The van der Waals surface area contributed by atoms with Crippen molar-refractivity contribution in [3.8, 4) is 11.4 Å². The molecule has 2 heterocycles. The van der Waals surface area contributed by atoms with E-state index in [-0.39, 0.29) is 17.5 Å². The van der Waals surface area contributed by atoms with Crippen molar-refractivity contribution >= 4 is 21.6 Å². The molecule has 0 amide bonds. The second kappa shape index (κ2) is 6.52. The lowest BCUT2D eigenvalue weighted by molar-refractivity contribution is 0.485. The van der Waals surface area contributed by atoms with Gasteiger partial charge in [-0.05, 0) is 30.9 Å². The van der Waals surface area contributed by atoms with Crippen LogP contribution in [0.3, 0.4) is 0 Å². The van der Waals surface area contributed by atoms with Gasteiger partial charge in [0.05, 0.1) is 23.3 Å². The Morgan fingerprint density at radius 3 is 2.62 bits per heavy atom. The number of thioether (sulfide) groups is 1. The maximum Gasteiger partial charge on any atom is 0.181 e. The van der Waals surface area contributed by atoms with E-state index in [1.165, 1.54) is 12.8 Å². The van der Waals surface area contributed by atoms with Crippen molar-refractivity contribution in [2.24, 2.45) is 5.92 Å². The second-order valence-electron chi connectivity index (χ2n) is 6.68. The van der Waals surface area contributed by atoms with Crippen LogP contribution in [0, 0.1) is 5.92 Å². The smallest absolute Gasteiger partial charge is 0.181 e. The summed E-state index contributed by atoms with van der Waals surface area (Å²) in [6.07, 6.45) is 3.33. The van der Waals surface area contributed by atoms with Gasteiger partial charge < -0.3 is 0 Å². The molecule has 128 valence electrons. The van der Waals surface area contributed by atoms with Crippen molar-refractivity contribution in [1.29, 1.82) is 0 Å². The van der Waals surface area contributed by atoms with Crippen LogP contribution in [-0.2, 0) is 15.6 Å². The zero-order chi connectivity index (χ0) is 16.6. The molecule has 5 nitrogen and oxygen atoms in total. The van der Waals surface area contributed by atoms with Crippen LogP contribution in [0.2, 0.25) is 0 Å². The Hall–Kier alpha value is -1.34. The quantitative estimate of drug-likeness (QED) is 0.789. The van der Waals surface area contributed by atoms with E-state index < -0.39 is 9.84 Å². The van der Waals surface area contributed by atoms with E-state index >= 15 is 0 Å². The maximum atomic E-state index is 11.8. The molecule has 2 aliphatic rings. The molecule has 1 atom stereocenters. The first-order valence-corrected chi connectivity index (χ1v) is 11.4. The normalized spacial score (nSPS) is 22.8. The van der Waals surface area contributed by atoms with Crippen molar-refractivity contribution in [3.63, 3.8) is 0 Å². The second-order valence-corrected chi connectivity index (χ2v) is 9.94. The number of hydrogen-bond acceptors (Lipinski definition) is 5. The Kier molecular flexibility index (Phi) is 4.39. The lowest BCUT2D eigenvalue weighted by Crippen LogP contribution is -2.15. The third kappa shape index (κ3) is 3.67. The fraction of sp³-hybridized carbons (Fsp3) is 0.529. The molecule has 1 aromatic carbocycles. The van der Waals surface area contributed by atoms with Crippen LogP contribution in [0.1, 0.15) is 31.1 Å². The van der Waals surface area contributed by atoms with Gasteiger partial charge in [0.2, 0.25) is 0 Å². The van der Waals surface area contributed by atoms with E-state index in [4.69, 9.17) is 4.98 Å². The fourth-order valence-electron chi connectivity index (χ4n) is 3.03. The predicted molar refractivity (Wildman–Crippen MR) is 96.7 cm³/mol. The third-order valence-corrected chi connectivity index (χ3v) is 7.49. The summed E-state index contributed by atoms with van der Waals surface area (Å²) in [5, 5.41) is 4.67. The fourth-order valence-corrected chi connectivity index (χ4v) is 5.88. The van der Waals surface area contributed by atoms with Crippen LogP contribution < -0.4 is 0 Å². The molecule has 1 saturated carbocycles. The number of nitrogens with zero attached hydrogens (tertiary/aromatic N) is 3. The van der Waals surface area contributed by atoms with Crippen molar-refractivity contribution in [2.45, 2.75) is 31.1 Å². The number of hydrogen-bond donors (Lipinski definition) is 0. The van der Waals surface area contributed by atoms with E-state index in [0.29, 0.717) is 12.2 Å². The summed E-state index contributed by atoms with van der Waals surface area (Å²) in [7, 11) is -2.94. The average molecular weight is 364 g/mol. The molecule has 1 aliphatic carbocycles. The standard InChI is InChI=1S/C17H21N3O2S2/c21-24(22)9-8-15(12-24)20-16(11-23-10-13-6-7-13)18-17(19-20)14-4-2-1-3-5-14/h1-5,13,15H,6-12H2. The minimum atomic E-state index is -2.94. The largest absolute Gasteiger partial charge is 0.244 e. The summed E-state index contributed by atoms with van der Waals surface area (Å²) in [4.78, 5) is 4.73. The summed E-state index contributed by atoms with van der Waals surface area (Å²) < 4.78 is 25.6. The lowest BCUT2D eigenvalue weighted by atomic mass is 10.2. The number of sulfone groups is 1. The Bertz CT molecular complexity index is 814. The third-order valence-electron chi connectivity index (χ3n) is 4.57. The van der Waals surface area contributed by atoms with Gasteiger partial charge in [0.25, 0.3) is 0 Å². The summed E-state index contributed by atoms with van der Waals surface area (Å²) in [5.41, 5.74) is 0.977. The Morgan fingerprint density at radius 1 is 1.17 bits per heavy atom. The van der Waals surface area contributed by atoms with E-state index in [9.17, 15) is 8.42 Å². The van der Waals surface area contributed by atoms with Gasteiger partial charge in [-0.15, -0.1) is 0 Å². The van der Waals surface area contributed by atoms with Gasteiger partial charge in [-0.3, -0.25) is 0 Å². The van der Waals surface area contributed by atoms with Crippen LogP contribution >= 0.6 is 11.8 Å². The van der Waals surface area contributed by atoms with Crippen molar-refractivity contribution in [3.05, 3.63) is 36.2 Å². The molecule has 1 aliphatic heterocycles. The van der Waals surface area contributed by atoms with Crippen LogP contribution in [0.5, 0.6) is 0 Å². The van der Waals surface area contributed by atoms with Crippen molar-refractivity contribution in [2.75, 3.05) is 17.3 Å². The Labute approximate surface area is 146 Å². The van der Waals surface area contributed by atoms with Gasteiger partial charge in [0.1, 0.15) is 5.82 Å². The summed E-state index contributed by atoms with van der Waals surface area (Å²) in [6.45, 7) is 0. The van der Waals surface area contributed by atoms with Crippen molar-refractivity contribution < 1.29 is 8.42 Å². The summed E-state index contributed by atoms with van der Waals surface area (Å²) in [6, 6.07) is 9.82. The molecule has 0 radical (unpaired) electrons.